The molecular formula is C21H20Cl2N4O2. The van der Waals surface area contributed by atoms with Crippen LogP contribution < -0.4 is 4.90 Å². The molecule has 6 nitrogen and oxygen atoms in total. The minimum absolute atomic E-state index is 0.180. The summed E-state index contributed by atoms with van der Waals surface area (Å²) in [6.45, 7) is 3.97. The van der Waals surface area contributed by atoms with Crippen LogP contribution >= 0.6 is 23.2 Å². The predicted molar refractivity (Wildman–Crippen MR) is 116 cm³/mol. The molecule has 1 aliphatic heterocycles. The van der Waals surface area contributed by atoms with E-state index in [0.29, 0.717) is 11.6 Å². The molecule has 0 radical (unpaired) electrons. The van der Waals surface area contributed by atoms with Crippen molar-refractivity contribution in [2.45, 2.75) is 6.42 Å². The fraction of sp³-hybridized carbons (Fsp3) is 0.286. The molecule has 1 N–H and O–H groups in total. The topological polar surface area (TPSA) is 69.6 Å². The van der Waals surface area contributed by atoms with E-state index in [2.05, 4.69) is 31.9 Å². The molecule has 0 unspecified atom stereocenters. The molecule has 8 heteroatoms. The number of benzene rings is 2. The number of hydrogen-bond acceptors (Lipinski definition) is 5. The first kappa shape index (κ1) is 19.9. The van der Waals surface area contributed by atoms with Crippen molar-refractivity contribution in [1.82, 2.24) is 14.9 Å². The van der Waals surface area contributed by atoms with Crippen molar-refractivity contribution in [1.29, 1.82) is 0 Å². The van der Waals surface area contributed by atoms with E-state index >= 15 is 0 Å². The molecule has 0 bridgehead atoms. The van der Waals surface area contributed by atoms with Crippen molar-refractivity contribution >= 4 is 45.8 Å². The van der Waals surface area contributed by atoms with Gasteiger partial charge < -0.3 is 10.0 Å². The molecule has 3 aromatic rings. The van der Waals surface area contributed by atoms with Gasteiger partial charge in [-0.1, -0.05) is 23.7 Å². The van der Waals surface area contributed by atoms with Crippen LogP contribution in [0.4, 0.5) is 5.69 Å². The summed E-state index contributed by atoms with van der Waals surface area (Å²) >= 11 is 12.3. The largest absolute Gasteiger partial charge is 0.481 e. The molecule has 4 rings (SSSR count). The van der Waals surface area contributed by atoms with E-state index in [4.69, 9.17) is 28.3 Å². The smallest absolute Gasteiger partial charge is 0.304 e. The first-order valence-corrected chi connectivity index (χ1v) is 10.2. The first-order chi connectivity index (χ1) is 14.0. The average molecular weight is 431 g/mol. The first-order valence-electron chi connectivity index (χ1n) is 9.42. The summed E-state index contributed by atoms with van der Waals surface area (Å²) in [6.07, 6.45) is 0.180. The maximum absolute atomic E-state index is 10.8. The van der Waals surface area contributed by atoms with Gasteiger partial charge >= 0.3 is 5.97 Å². The Kier molecular flexibility index (Phi) is 5.85. The Balaban J connectivity index is 1.58. The minimum Gasteiger partial charge on any atom is -0.481 e. The average Bonchev–Trinajstić information content (AvgIpc) is 2.72. The summed E-state index contributed by atoms with van der Waals surface area (Å²) in [5, 5.41) is 10.5. The number of carbonyl (C=O) groups is 1. The van der Waals surface area contributed by atoms with Crippen LogP contribution in [0.1, 0.15) is 6.42 Å². The number of fused-ring (bicyclic) bond motifs is 1. The highest BCUT2D eigenvalue weighted by atomic mass is 35.5. The zero-order chi connectivity index (χ0) is 20.4. The number of carboxylic acids is 1. The third-order valence-electron chi connectivity index (χ3n) is 5.13. The highest BCUT2D eigenvalue weighted by Gasteiger charge is 2.18. The molecule has 150 valence electrons. The lowest BCUT2D eigenvalue weighted by atomic mass is 10.1. The second-order valence-corrected chi connectivity index (χ2v) is 7.80. The summed E-state index contributed by atoms with van der Waals surface area (Å²) in [4.78, 5) is 24.0. The molecule has 0 aliphatic carbocycles. The fourth-order valence-corrected chi connectivity index (χ4v) is 3.97. The van der Waals surface area contributed by atoms with Crippen LogP contribution in [0, 0.1) is 0 Å². The van der Waals surface area contributed by atoms with Gasteiger partial charge in [0.15, 0.2) is 0 Å². The Labute approximate surface area is 178 Å². The van der Waals surface area contributed by atoms with Gasteiger partial charge in [-0.15, -0.1) is 0 Å². The monoisotopic (exact) mass is 430 g/mol. The highest BCUT2D eigenvalue weighted by Crippen LogP contribution is 2.31. The van der Waals surface area contributed by atoms with Crippen LogP contribution in [0.3, 0.4) is 0 Å². The maximum atomic E-state index is 10.8. The second kappa shape index (κ2) is 8.53. The van der Waals surface area contributed by atoms with Crippen LogP contribution in [0.5, 0.6) is 0 Å². The standard InChI is InChI=1S/C21H20Cl2N4O2/c22-15-4-5-18-17(13-15)20(25-21(23)24-18)14-2-1-3-16(12-14)27-10-8-26(9-11-27)7-6-19(28)29/h1-5,12-13H,6-11H2,(H,28,29). The van der Waals surface area contributed by atoms with Gasteiger partial charge in [0.25, 0.3) is 0 Å². The third-order valence-corrected chi connectivity index (χ3v) is 5.53. The number of halogens is 2. The van der Waals surface area contributed by atoms with Crippen molar-refractivity contribution in [2.75, 3.05) is 37.6 Å². The summed E-state index contributed by atoms with van der Waals surface area (Å²) in [6, 6.07) is 13.7. The van der Waals surface area contributed by atoms with Crippen molar-refractivity contribution in [3.8, 4) is 11.3 Å². The molecule has 0 amide bonds. The molecule has 1 aromatic heterocycles. The van der Waals surface area contributed by atoms with Gasteiger partial charge in [0.1, 0.15) is 0 Å². The number of anilines is 1. The summed E-state index contributed by atoms with van der Waals surface area (Å²) in [5.74, 6) is -0.754. The van der Waals surface area contributed by atoms with Gasteiger partial charge in [-0.3, -0.25) is 9.69 Å². The van der Waals surface area contributed by atoms with E-state index in [0.717, 1.165) is 54.0 Å². The molecular weight excluding hydrogens is 411 g/mol. The summed E-state index contributed by atoms with van der Waals surface area (Å²) in [5.41, 5.74) is 3.56. The lowest BCUT2D eigenvalue weighted by molar-refractivity contribution is -0.137. The highest BCUT2D eigenvalue weighted by molar-refractivity contribution is 6.31. The lowest BCUT2D eigenvalue weighted by Crippen LogP contribution is -2.46. The molecule has 0 spiro atoms. The molecule has 1 aliphatic rings. The Morgan fingerprint density at radius 3 is 2.59 bits per heavy atom. The minimum atomic E-state index is -0.754. The second-order valence-electron chi connectivity index (χ2n) is 7.03. The molecule has 29 heavy (non-hydrogen) atoms. The number of aliphatic carboxylic acids is 1. The van der Waals surface area contributed by atoms with Gasteiger partial charge in [-0.05, 0) is 41.9 Å². The summed E-state index contributed by atoms with van der Waals surface area (Å²) in [7, 11) is 0. The number of carboxylic acid groups (broad SMARTS) is 1. The van der Waals surface area contributed by atoms with Crippen LogP contribution in [-0.4, -0.2) is 58.7 Å². The predicted octanol–water partition coefficient (Wildman–Crippen LogP) is 4.20. The zero-order valence-corrected chi connectivity index (χ0v) is 17.2. The van der Waals surface area contributed by atoms with E-state index in [9.17, 15) is 4.79 Å². The molecule has 2 aromatic carbocycles. The van der Waals surface area contributed by atoms with Crippen molar-refractivity contribution in [2.24, 2.45) is 0 Å². The molecule has 2 heterocycles. The summed E-state index contributed by atoms with van der Waals surface area (Å²) < 4.78 is 0. The van der Waals surface area contributed by atoms with E-state index in [1.54, 1.807) is 6.07 Å². The zero-order valence-electron chi connectivity index (χ0n) is 15.7. The number of rotatable bonds is 5. The van der Waals surface area contributed by atoms with Crippen LogP contribution in [-0.2, 0) is 4.79 Å². The van der Waals surface area contributed by atoms with E-state index in [-0.39, 0.29) is 11.7 Å². The Hall–Kier alpha value is -2.41. The van der Waals surface area contributed by atoms with E-state index in [1.807, 2.05) is 24.3 Å². The number of piperazine rings is 1. The van der Waals surface area contributed by atoms with Gasteiger partial charge in [0.2, 0.25) is 5.28 Å². The van der Waals surface area contributed by atoms with Crippen molar-refractivity contribution < 1.29 is 9.90 Å². The molecule has 1 fully saturated rings. The normalized spacial score (nSPS) is 15.0. The Morgan fingerprint density at radius 2 is 1.83 bits per heavy atom. The van der Waals surface area contributed by atoms with E-state index < -0.39 is 5.97 Å². The Morgan fingerprint density at radius 1 is 1.03 bits per heavy atom. The van der Waals surface area contributed by atoms with Gasteiger partial charge in [0, 0.05) is 54.4 Å². The maximum Gasteiger partial charge on any atom is 0.304 e. The van der Waals surface area contributed by atoms with E-state index in [1.165, 1.54) is 0 Å². The quantitative estimate of drug-likeness (QED) is 0.611. The molecule has 0 atom stereocenters. The van der Waals surface area contributed by atoms with Gasteiger partial charge in [0.05, 0.1) is 17.6 Å². The SMILES string of the molecule is O=C(O)CCN1CCN(c2cccc(-c3nc(Cl)nc4ccc(Cl)cc34)c2)CC1. The van der Waals surface area contributed by atoms with Crippen molar-refractivity contribution in [3.63, 3.8) is 0 Å². The van der Waals surface area contributed by atoms with Gasteiger partial charge in [-0.25, -0.2) is 9.97 Å². The Bertz CT molecular complexity index is 1050. The van der Waals surface area contributed by atoms with Crippen molar-refractivity contribution in [3.05, 3.63) is 52.8 Å². The number of nitrogens with zero attached hydrogens (tertiary/aromatic N) is 4. The van der Waals surface area contributed by atoms with Crippen LogP contribution in [0.25, 0.3) is 22.2 Å². The molecule has 0 saturated carbocycles. The number of aromatic nitrogens is 2. The van der Waals surface area contributed by atoms with Gasteiger partial charge in [-0.2, -0.15) is 0 Å². The van der Waals surface area contributed by atoms with Crippen LogP contribution in [0.2, 0.25) is 10.3 Å². The lowest BCUT2D eigenvalue weighted by Gasteiger charge is -2.36. The molecule has 1 saturated heterocycles. The third kappa shape index (κ3) is 4.61. The van der Waals surface area contributed by atoms with Crippen LogP contribution in [0.15, 0.2) is 42.5 Å². The fourth-order valence-electron chi connectivity index (χ4n) is 3.63. The number of hydrogen-bond donors (Lipinski definition) is 1.